The summed E-state index contributed by atoms with van der Waals surface area (Å²) in [7, 11) is 0. The lowest BCUT2D eigenvalue weighted by molar-refractivity contribution is 0.456. The number of hydrogen-bond donors (Lipinski definition) is 1. The minimum atomic E-state index is 0.154. The van der Waals surface area contributed by atoms with Gasteiger partial charge < -0.3 is 5.32 Å². The molecule has 17 heavy (non-hydrogen) atoms. The lowest BCUT2D eigenvalue weighted by atomic mass is 10.0. The van der Waals surface area contributed by atoms with E-state index in [2.05, 4.69) is 20.3 Å². The van der Waals surface area contributed by atoms with E-state index < -0.39 is 0 Å². The maximum atomic E-state index is 5.76. The number of anilines is 1. The van der Waals surface area contributed by atoms with Crippen molar-refractivity contribution in [1.29, 1.82) is 0 Å². The maximum absolute atomic E-state index is 5.76. The average Bonchev–Trinajstić information content (AvgIpc) is 2.69. The molecule has 0 aromatic carbocycles. The summed E-state index contributed by atoms with van der Waals surface area (Å²) in [6.45, 7) is 0. The third kappa shape index (κ3) is 1.54. The van der Waals surface area contributed by atoms with Gasteiger partial charge in [-0.1, -0.05) is 0 Å². The molecule has 1 N–H and O–H groups in total. The van der Waals surface area contributed by atoms with Crippen LogP contribution in [0.4, 0.5) is 5.95 Å². The first kappa shape index (κ1) is 10.3. The van der Waals surface area contributed by atoms with Crippen LogP contribution in [0, 0.1) is 23.7 Å². The smallest absolute Gasteiger partial charge is 0.228 e. The highest BCUT2D eigenvalue weighted by atomic mass is 35.5. The van der Waals surface area contributed by atoms with Crippen molar-refractivity contribution in [2.24, 2.45) is 23.7 Å². The van der Waals surface area contributed by atoms with E-state index in [4.69, 9.17) is 23.2 Å². The predicted octanol–water partition coefficient (Wildman–Crippen LogP) is 2.63. The van der Waals surface area contributed by atoms with Gasteiger partial charge in [0.05, 0.1) is 0 Å². The standard InChI is InChI=1S/C11H12Cl2N4/c12-9-15-10(13)17-11(16-9)14-8-6-4-1-2-5(3-4)7(6)8/h4-8H,1-3H2,(H,14,15,16,17). The first-order chi connectivity index (χ1) is 8.22. The molecule has 0 saturated heterocycles. The molecule has 4 nitrogen and oxygen atoms in total. The van der Waals surface area contributed by atoms with Crippen LogP contribution in [0.25, 0.3) is 0 Å². The van der Waals surface area contributed by atoms with Crippen LogP contribution in [0.15, 0.2) is 0 Å². The van der Waals surface area contributed by atoms with Crippen LogP contribution < -0.4 is 5.32 Å². The summed E-state index contributed by atoms with van der Waals surface area (Å²) in [4.78, 5) is 11.9. The first-order valence-electron chi connectivity index (χ1n) is 6.06. The molecule has 90 valence electrons. The number of aromatic nitrogens is 3. The molecule has 4 atom stereocenters. The molecule has 0 radical (unpaired) electrons. The molecule has 0 amide bonds. The molecule has 4 rings (SSSR count). The lowest BCUT2D eigenvalue weighted by Gasteiger charge is -2.10. The minimum absolute atomic E-state index is 0.154. The molecule has 1 aromatic heterocycles. The van der Waals surface area contributed by atoms with E-state index in [0.29, 0.717) is 12.0 Å². The predicted molar refractivity (Wildman–Crippen MR) is 65.1 cm³/mol. The summed E-state index contributed by atoms with van der Waals surface area (Å²) >= 11 is 11.5. The molecular formula is C11H12Cl2N4. The van der Waals surface area contributed by atoms with Gasteiger partial charge in [0.2, 0.25) is 16.5 Å². The summed E-state index contributed by atoms with van der Waals surface area (Å²) in [6, 6.07) is 0.538. The van der Waals surface area contributed by atoms with Crippen molar-refractivity contribution in [2.45, 2.75) is 25.3 Å². The fraction of sp³-hybridized carbons (Fsp3) is 0.727. The number of nitrogens with one attached hydrogen (secondary N) is 1. The Hall–Kier alpha value is -0.610. The van der Waals surface area contributed by atoms with Crippen LogP contribution in [0.2, 0.25) is 10.6 Å². The van der Waals surface area contributed by atoms with Gasteiger partial charge in [-0.15, -0.1) is 0 Å². The van der Waals surface area contributed by atoms with E-state index in [-0.39, 0.29) is 10.6 Å². The third-order valence-corrected chi connectivity index (χ3v) is 4.95. The zero-order valence-electron chi connectivity index (χ0n) is 9.11. The van der Waals surface area contributed by atoms with E-state index >= 15 is 0 Å². The van der Waals surface area contributed by atoms with Gasteiger partial charge in [-0.05, 0) is 66.1 Å². The zero-order valence-corrected chi connectivity index (χ0v) is 10.6. The molecule has 1 aromatic rings. The second kappa shape index (κ2) is 3.45. The average molecular weight is 271 g/mol. The Morgan fingerprint density at radius 3 is 2.12 bits per heavy atom. The number of hydrogen-bond acceptors (Lipinski definition) is 4. The molecular weight excluding hydrogens is 259 g/mol. The van der Waals surface area contributed by atoms with E-state index in [1.807, 2.05) is 0 Å². The second-order valence-electron chi connectivity index (χ2n) is 5.36. The quantitative estimate of drug-likeness (QED) is 0.898. The van der Waals surface area contributed by atoms with E-state index in [1.165, 1.54) is 19.3 Å². The molecule has 0 spiro atoms. The van der Waals surface area contributed by atoms with Crippen molar-refractivity contribution < 1.29 is 0 Å². The molecule has 1 heterocycles. The Morgan fingerprint density at radius 2 is 1.53 bits per heavy atom. The third-order valence-electron chi connectivity index (χ3n) is 4.61. The van der Waals surface area contributed by atoms with E-state index in [1.54, 1.807) is 0 Å². The number of halogens is 2. The Morgan fingerprint density at radius 1 is 0.941 bits per heavy atom. The molecule has 6 heteroatoms. The van der Waals surface area contributed by atoms with Gasteiger partial charge in [-0.25, -0.2) is 0 Å². The number of nitrogens with zero attached hydrogens (tertiary/aromatic N) is 3. The summed E-state index contributed by atoms with van der Waals surface area (Å²) < 4.78 is 0. The van der Waals surface area contributed by atoms with Crippen molar-refractivity contribution in [3.05, 3.63) is 10.6 Å². The van der Waals surface area contributed by atoms with Crippen molar-refractivity contribution in [1.82, 2.24) is 15.0 Å². The summed E-state index contributed by atoms with van der Waals surface area (Å²) in [5.41, 5.74) is 0. The summed E-state index contributed by atoms with van der Waals surface area (Å²) in [6.07, 6.45) is 4.25. The van der Waals surface area contributed by atoms with Crippen LogP contribution in [0.5, 0.6) is 0 Å². The Balaban J connectivity index is 1.52. The van der Waals surface area contributed by atoms with Crippen LogP contribution in [-0.2, 0) is 0 Å². The van der Waals surface area contributed by atoms with Crippen LogP contribution in [0.3, 0.4) is 0 Å². The highest BCUT2D eigenvalue weighted by molar-refractivity contribution is 6.31. The van der Waals surface area contributed by atoms with Gasteiger partial charge in [0.1, 0.15) is 0 Å². The molecule has 3 fully saturated rings. The summed E-state index contributed by atoms with van der Waals surface area (Å²) in [5.74, 6) is 4.05. The molecule has 3 aliphatic carbocycles. The highest BCUT2D eigenvalue weighted by Crippen LogP contribution is 2.66. The topological polar surface area (TPSA) is 50.7 Å². The minimum Gasteiger partial charge on any atom is -0.351 e. The Kier molecular flexibility index (Phi) is 2.10. The van der Waals surface area contributed by atoms with Crippen molar-refractivity contribution >= 4 is 29.2 Å². The van der Waals surface area contributed by atoms with Crippen molar-refractivity contribution in [3.8, 4) is 0 Å². The van der Waals surface area contributed by atoms with Crippen LogP contribution in [0.1, 0.15) is 19.3 Å². The molecule has 3 saturated carbocycles. The van der Waals surface area contributed by atoms with Gasteiger partial charge in [0.15, 0.2) is 0 Å². The normalized spacial score (nSPS) is 41.4. The van der Waals surface area contributed by atoms with Crippen LogP contribution >= 0.6 is 23.2 Å². The highest BCUT2D eigenvalue weighted by Gasteiger charge is 2.65. The van der Waals surface area contributed by atoms with E-state index in [0.717, 1.165) is 23.7 Å². The SMILES string of the molecule is Clc1nc(Cl)nc(NC2C3C4CCC(C4)C23)n1. The molecule has 0 aliphatic heterocycles. The van der Waals surface area contributed by atoms with Crippen LogP contribution in [-0.4, -0.2) is 21.0 Å². The van der Waals surface area contributed by atoms with Gasteiger partial charge in [0, 0.05) is 6.04 Å². The fourth-order valence-corrected chi connectivity index (χ4v) is 4.42. The number of fused-ring (bicyclic) bond motifs is 5. The molecule has 4 unspecified atom stereocenters. The van der Waals surface area contributed by atoms with E-state index in [9.17, 15) is 0 Å². The second-order valence-corrected chi connectivity index (χ2v) is 6.03. The lowest BCUT2D eigenvalue weighted by Crippen LogP contribution is -2.15. The van der Waals surface area contributed by atoms with Gasteiger partial charge in [-0.3, -0.25) is 0 Å². The Labute approximate surface area is 109 Å². The zero-order chi connectivity index (χ0) is 11.6. The van der Waals surface area contributed by atoms with Gasteiger partial charge in [0.25, 0.3) is 0 Å². The number of rotatable bonds is 2. The van der Waals surface area contributed by atoms with Crippen molar-refractivity contribution in [2.75, 3.05) is 5.32 Å². The fourth-order valence-electron chi connectivity index (χ4n) is 4.06. The molecule has 3 aliphatic rings. The monoisotopic (exact) mass is 270 g/mol. The Bertz CT molecular complexity index is 444. The van der Waals surface area contributed by atoms with Gasteiger partial charge in [-0.2, -0.15) is 15.0 Å². The van der Waals surface area contributed by atoms with Gasteiger partial charge >= 0.3 is 0 Å². The maximum Gasteiger partial charge on any atom is 0.228 e. The van der Waals surface area contributed by atoms with Crippen molar-refractivity contribution in [3.63, 3.8) is 0 Å². The largest absolute Gasteiger partial charge is 0.351 e. The molecule has 2 bridgehead atoms. The summed E-state index contributed by atoms with van der Waals surface area (Å²) in [5, 5.41) is 3.68. The first-order valence-corrected chi connectivity index (χ1v) is 6.81.